The van der Waals surface area contributed by atoms with Crippen molar-refractivity contribution in [2.75, 3.05) is 26.4 Å². The molecule has 0 spiro atoms. The van der Waals surface area contributed by atoms with Crippen LogP contribution in [0.5, 0.6) is 0 Å². The molecule has 0 bridgehead atoms. The number of hydrogen-bond acceptors (Lipinski definition) is 7. The lowest BCUT2D eigenvalue weighted by Gasteiger charge is -2.24. The Labute approximate surface area is 135 Å². The van der Waals surface area contributed by atoms with E-state index in [-0.39, 0.29) is 45.9 Å². The summed E-state index contributed by atoms with van der Waals surface area (Å²) in [6.07, 6.45) is -1.11. The molecule has 0 fully saturated rings. The van der Waals surface area contributed by atoms with Crippen molar-refractivity contribution in [3.63, 3.8) is 0 Å². The number of aliphatic hydroxyl groups excluding tert-OH is 1. The monoisotopic (exact) mass is 326 g/mol. The first-order valence-corrected chi connectivity index (χ1v) is 7.30. The zero-order chi connectivity index (χ0) is 16.8. The van der Waals surface area contributed by atoms with Crippen molar-refractivity contribution < 1.29 is 33.6 Å². The van der Waals surface area contributed by atoms with E-state index in [1.807, 2.05) is 30.3 Å². The van der Waals surface area contributed by atoms with Crippen LogP contribution >= 0.6 is 0 Å². The minimum Gasteiger partial charge on any atom is -0.459 e. The van der Waals surface area contributed by atoms with Crippen molar-refractivity contribution in [1.82, 2.24) is 0 Å². The molecule has 0 saturated heterocycles. The third-order valence-electron chi connectivity index (χ3n) is 2.86. The van der Waals surface area contributed by atoms with E-state index in [9.17, 15) is 9.59 Å². The molecule has 0 saturated carbocycles. The molecule has 1 N–H and O–H groups in total. The molecule has 1 aromatic rings. The number of ether oxygens (including phenoxy) is 4. The lowest BCUT2D eigenvalue weighted by molar-refractivity contribution is -0.212. The summed E-state index contributed by atoms with van der Waals surface area (Å²) in [6.45, 7) is 1.08. The first-order chi connectivity index (χ1) is 11.3. The summed E-state index contributed by atoms with van der Waals surface area (Å²) >= 11 is 0. The smallest absolute Gasteiger partial charge is 0.293 e. The van der Waals surface area contributed by atoms with Gasteiger partial charge in [0, 0.05) is 6.42 Å². The topological polar surface area (TPSA) is 91.3 Å². The van der Waals surface area contributed by atoms with E-state index in [0.29, 0.717) is 6.29 Å². The van der Waals surface area contributed by atoms with Gasteiger partial charge < -0.3 is 28.8 Å². The van der Waals surface area contributed by atoms with Crippen molar-refractivity contribution in [1.29, 1.82) is 0 Å². The number of rotatable bonds is 14. The standard InChI is InChI=1S/C16H22O7/c17-7-6-15(23-13-19)16(21-11-10-20-9-8-18)22-12-14-4-2-1-3-5-14/h1-5,7,13,15-16,18H,6,8-12H2. The van der Waals surface area contributed by atoms with E-state index >= 15 is 0 Å². The van der Waals surface area contributed by atoms with Crippen molar-refractivity contribution in [2.24, 2.45) is 0 Å². The predicted molar refractivity (Wildman–Crippen MR) is 80.5 cm³/mol. The van der Waals surface area contributed by atoms with Gasteiger partial charge in [-0.2, -0.15) is 0 Å². The highest BCUT2D eigenvalue weighted by Crippen LogP contribution is 2.12. The lowest BCUT2D eigenvalue weighted by Crippen LogP contribution is -2.35. The second-order valence-corrected chi connectivity index (χ2v) is 4.54. The van der Waals surface area contributed by atoms with Gasteiger partial charge in [0.1, 0.15) is 6.29 Å². The minimum absolute atomic E-state index is 0.0321. The third-order valence-corrected chi connectivity index (χ3v) is 2.86. The molecule has 0 amide bonds. The molecule has 0 aromatic heterocycles. The molecule has 128 valence electrons. The van der Waals surface area contributed by atoms with E-state index in [1.165, 1.54) is 0 Å². The Hall–Kier alpha value is -1.80. The molecule has 0 aliphatic rings. The molecule has 7 nitrogen and oxygen atoms in total. The number of benzene rings is 1. The molecule has 7 heteroatoms. The molecule has 2 unspecified atom stereocenters. The Morgan fingerprint density at radius 3 is 2.48 bits per heavy atom. The SMILES string of the molecule is O=CCC(OC=O)C(OCCOCCO)OCc1ccccc1. The Bertz CT molecular complexity index is 414. The molecule has 0 aliphatic carbocycles. The summed E-state index contributed by atoms with van der Waals surface area (Å²) in [5.74, 6) is 0. The lowest BCUT2D eigenvalue weighted by atomic mass is 10.2. The second-order valence-electron chi connectivity index (χ2n) is 4.54. The van der Waals surface area contributed by atoms with E-state index in [1.54, 1.807) is 0 Å². The van der Waals surface area contributed by atoms with Crippen molar-refractivity contribution in [3.8, 4) is 0 Å². The highest BCUT2D eigenvalue weighted by molar-refractivity contribution is 5.51. The van der Waals surface area contributed by atoms with Gasteiger partial charge in [0.15, 0.2) is 12.4 Å². The molecule has 23 heavy (non-hydrogen) atoms. The summed E-state index contributed by atoms with van der Waals surface area (Å²) in [7, 11) is 0. The van der Waals surface area contributed by atoms with Crippen LogP contribution in [0.1, 0.15) is 12.0 Å². The van der Waals surface area contributed by atoms with Gasteiger partial charge in [-0.15, -0.1) is 0 Å². The van der Waals surface area contributed by atoms with Crippen LogP contribution in [0.3, 0.4) is 0 Å². The molecule has 2 atom stereocenters. The van der Waals surface area contributed by atoms with E-state index < -0.39 is 12.4 Å². The zero-order valence-electron chi connectivity index (χ0n) is 12.8. The summed E-state index contributed by atoms with van der Waals surface area (Å²) in [6, 6.07) is 9.42. The van der Waals surface area contributed by atoms with Gasteiger partial charge in [-0.1, -0.05) is 30.3 Å². The molecule has 0 radical (unpaired) electrons. The van der Waals surface area contributed by atoms with Crippen LogP contribution < -0.4 is 0 Å². The minimum atomic E-state index is -0.886. The molecular weight excluding hydrogens is 304 g/mol. The van der Waals surface area contributed by atoms with Crippen LogP contribution in [0.15, 0.2) is 30.3 Å². The van der Waals surface area contributed by atoms with Crippen molar-refractivity contribution >= 4 is 12.8 Å². The number of aliphatic hydroxyl groups is 1. The Morgan fingerprint density at radius 2 is 1.83 bits per heavy atom. The molecule has 0 heterocycles. The first kappa shape index (κ1) is 19.2. The second kappa shape index (κ2) is 12.7. The van der Waals surface area contributed by atoms with Gasteiger partial charge in [0.25, 0.3) is 6.47 Å². The average Bonchev–Trinajstić information content (AvgIpc) is 2.58. The average molecular weight is 326 g/mol. The van der Waals surface area contributed by atoms with Gasteiger partial charge in [0.2, 0.25) is 0 Å². The molecule has 0 aliphatic heterocycles. The maximum absolute atomic E-state index is 10.7. The number of carbonyl (C=O) groups is 2. The van der Waals surface area contributed by atoms with Crippen LogP contribution in [-0.4, -0.2) is 56.7 Å². The number of hydrogen-bond donors (Lipinski definition) is 1. The summed E-state index contributed by atoms with van der Waals surface area (Å²) in [4.78, 5) is 21.3. The number of carbonyl (C=O) groups excluding carboxylic acids is 2. The Morgan fingerprint density at radius 1 is 1.04 bits per heavy atom. The predicted octanol–water partition coefficient (Wildman–Crippen LogP) is 0.685. The molecule has 1 rings (SSSR count). The van der Waals surface area contributed by atoms with Crippen LogP contribution in [0.4, 0.5) is 0 Å². The van der Waals surface area contributed by atoms with E-state index in [2.05, 4.69) is 0 Å². The first-order valence-electron chi connectivity index (χ1n) is 7.30. The summed E-state index contributed by atoms with van der Waals surface area (Å²) in [5.41, 5.74) is 0.925. The largest absolute Gasteiger partial charge is 0.459 e. The maximum Gasteiger partial charge on any atom is 0.293 e. The summed E-state index contributed by atoms with van der Waals surface area (Å²) in [5, 5.41) is 8.63. The summed E-state index contributed by atoms with van der Waals surface area (Å²) < 4.78 is 21.1. The van der Waals surface area contributed by atoms with Crippen LogP contribution in [0, 0.1) is 0 Å². The Kier molecular flexibility index (Phi) is 10.6. The van der Waals surface area contributed by atoms with Gasteiger partial charge in [0.05, 0.1) is 33.0 Å². The zero-order valence-corrected chi connectivity index (χ0v) is 12.8. The van der Waals surface area contributed by atoms with Crippen LogP contribution in [0.25, 0.3) is 0 Å². The highest BCUT2D eigenvalue weighted by atomic mass is 16.7. The molecule has 1 aromatic carbocycles. The normalized spacial score (nSPS) is 13.3. The fourth-order valence-electron chi connectivity index (χ4n) is 1.80. The highest BCUT2D eigenvalue weighted by Gasteiger charge is 2.24. The maximum atomic E-state index is 10.7. The van der Waals surface area contributed by atoms with Crippen LogP contribution in [0.2, 0.25) is 0 Å². The molecular formula is C16H22O7. The van der Waals surface area contributed by atoms with Crippen LogP contribution in [-0.2, 0) is 35.1 Å². The number of aldehydes is 1. The van der Waals surface area contributed by atoms with E-state index in [0.717, 1.165) is 5.56 Å². The van der Waals surface area contributed by atoms with E-state index in [4.69, 9.17) is 24.1 Å². The van der Waals surface area contributed by atoms with Gasteiger partial charge in [-0.3, -0.25) is 4.79 Å². The fraction of sp³-hybridized carbons (Fsp3) is 0.500. The third kappa shape index (κ3) is 8.41. The van der Waals surface area contributed by atoms with Crippen molar-refractivity contribution in [3.05, 3.63) is 35.9 Å². The van der Waals surface area contributed by atoms with Crippen molar-refractivity contribution in [2.45, 2.75) is 25.4 Å². The Balaban J connectivity index is 2.54. The van der Waals surface area contributed by atoms with Gasteiger partial charge in [-0.05, 0) is 5.56 Å². The fourth-order valence-corrected chi connectivity index (χ4v) is 1.80. The van der Waals surface area contributed by atoms with Gasteiger partial charge in [-0.25, -0.2) is 0 Å². The van der Waals surface area contributed by atoms with Gasteiger partial charge >= 0.3 is 0 Å². The quantitative estimate of drug-likeness (QED) is 0.305.